The number of halogens is 1. The average Bonchev–Trinajstić information content (AvgIpc) is 2.72. The van der Waals surface area contributed by atoms with Crippen LogP contribution in [0.25, 0.3) is 0 Å². The number of carbonyl (C=O) groups excluding carboxylic acids is 1. The molecule has 7 heteroatoms. The molecule has 0 saturated carbocycles. The molecule has 1 amide bonds. The number of hydrogen-bond acceptors (Lipinski definition) is 5. The minimum absolute atomic E-state index is 0.0262. The molecule has 1 fully saturated rings. The van der Waals surface area contributed by atoms with Crippen molar-refractivity contribution in [1.82, 2.24) is 20.2 Å². The fourth-order valence-corrected chi connectivity index (χ4v) is 3.67. The maximum atomic E-state index is 12.6. The Hall–Kier alpha value is -2.18. The number of nitrogens with zero attached hydrogens (tertiary/aromatic N) is 4. The largest absolute Gasteiger partial charge is 0.354 e. The Labute approximate surface area is 178 Å². The number of aromatic nitrogens is 2. The molecule has 2 aromatic rings. The van der Waals surface area contributed by atoms with E-state index in [1.165, 1.54) is 0 Å². The van der Waals surface area contributed by atoms with Crippen molar-refractivity contribution < 1.29 is 4.79 Å². The van der Waals surface area contributed by atoms with Gasteiger partial charge in [0.05, 0.1) is 6.04 Å². The quantitative estimate of drug-likeness (QED) is 0.783. The predicted molar refractivity (Wildman–Crippen MR) is 117 cm³/mol. The smallest absolute Gasteiger partial charge is 0.237 e. The molecule has 1 aromatic heterocycles. The minimum Gasteiger partial charge on any atom is -0.354 e. The van der Waals surface area contributed by atoms with Gasteiger partial charge < -0.3 is 10.2 Å². The second kappa shape index (κ2) is 9.55. The van der Waals surface area contributed by atoms with Crippen LogP contribution in [0.15, 0.2) is 30.3 Å². The zero-order valence-electron chi connectivity index (χ0n) is 17.7. The number of nitrogens with one attached hydrogen (secondary N) is 1. The second-order valence-corrected chi connectivity index (χ2v) is 8.30. The minimum atomic E-state index is -0.182. The predicted octanol–water partition coefficient (Wildman–Crippen LogP) is 3.39. The lowest BCUT2D eigenvalue weighted by atomic mass is 10.2. The molecule has 0 bridgehead atoms. The molecule has 156 valence electrons. The van der Waals surface area contributed by atoms with Crippen molar-refractivity contribution >= 4 is 23.3 Å². The van der Waals surface area contributed by atoms with Crippen LogP contribution in [-0.4, -0.2) is 53.0 Å². The summed E-state index contributed by atoms with van der Waals surface area (Å²) in [6, 6.07) is 9.44. The van der Waals surface area contributed by atoms with Gasteiger partial charge >= 0.3 is 0 Å². The molecule has 0 unspecified atom stereocenters. The number of carbonyl (C=O) groups is 1. The molecule has 1 atom stereocenters. The highest BCUT2D eigenvalue weighted by molar-refractivity contribution is 6.31. The lowest BCUT2D eigenvalue weighted by molar-refractivity contribution is -0.126. The molecule has 0 spiro atoms. The zero-order valence-corrected chi connectivity index (χ0v) is 18.4. The van der Waals surface area contributed by atoms with E-state index in [1.54, 1.807) is 0 Å². The van der Waals surface area contributed by atoms with Gasteiger partial charge in [-0.3, -0.25) is 9.69 Å². The van der Waals surface area contributed by atoms with E-state index in [0.29, 0.717) is 17.5 Å². The fourth-order valence-electron chi connectivity index (χ4n) is 3.47. The van der Waals surface area contributed by atoms with Gasteiger partial charge in [-0.2, -0.15) is 0 Å². The number of rotatable bonds is 6. The molecule has 1 aliphatic rings. The number of piperazine rings is 1. The number of hydrogen-bond donors (Lipinski definition) is 1. The third kappa shape index (κ3) is 5.46. The van der Waals surface area contributed by atoms with Gasteiger partial charge in [0, 0.05) is 55.4 Å². The molecule has 2 heterocycles. The van der Waals surface area contributed by atoms with Crippen molar-refractivity contribution in [2.75, 3.05) is 31.1 Å². The summed E-state index contributed by atoms with van der Waals surface area (Å²) in [6.45, 7) is 12.0. The molecule has 1 N–H and O–H groups in total. The van der Waals surface area contributed by atoms with Crippen LogP contribution in [0.4, 0.5) is 5.82 Å². The monoisotopic (exact) mass is 415 g/mol. The first-order valence-electron chi connectivity index (χ1n) is 10.2. The SMILES string of the molecule is Cc1cc(N2CCN([C@@H](C)C(=O)NCc3ccccc3Cl)CC2)nc(C(C)C)n1. The van der Waals surface area contributed by atoms with Crippen LogP contribution in [0.3, 0.4) is 0 Å². The van der Waals surface area contributed by atoms with Crippen molar-refractivity contribution in [3.8, 4) is 0 Å². The summed E-state index contributed by atoms with van der Waals surface area (Å²) in [4.78, 5) is 26.4. The van der Waals surface area contributed by atoms with Gasteiger partial charge in [0.15, 0.2) is 0 Å². The van der Waals surface area contributed by atoms with Crippen LogP contribution in [0, 0.1) is 6.92 Å². The maximum Gasteiger partial charge on any atom is 0.237 e. The van der Waals surface area contributed by atoms with Gasteiger partial charge in [0.25, 0.3) is 0 Å². The number of amides is 1. The first kappa shape index (κ1) is 21.5. The summed E-state index contributed by atoms with van der Waals surface area (Å²) in [5, 5.41) is 3.68. The van der Waals surface area contributed by atoms with Crippen molar-refractivity contribution in [1.29, 1.82) is 0 Å². The van der Waals surface area contributed by atoms with E-state index in [4.69, 9.17) is 16.6 Å². The lowest BCUT2D eigenvalue weighted by Crippen LogP contribution is -2.54. The van der Waals surface area contributed by atoms with Crippen LogP contribution in [0.1, 0.15) is 43.8 Å². The van der Waals surface area contributed by atoms with Gasteiger partial charge in [0.2, 0.25) is 5.91 Å². The van der Waals surface area contributed by atoms with Crippen LogP contribution in [0.2, 0.25) is 5.02 Å². The highest BCUT2D eigenvalue weighted by Crippen LogP contribution is 2.19. The lowest BCUT2D eigenvalue weighted by Gasteiger charge is -2.38. The molecule has 0 radical (unpaired) electrons. The Bertz CT molecular complexity index is 849. The number of aryl methyl sites for hydroxylation is 1. The Kier molecular flexibility index (Phi) is 7.09. The van der Waals surface area contributed by atoms with Gasteiger partial charge in [-0.05, 0) is 25.5 Å². The molecule has 3 rings (SSSR count). The van der Waals surface area contributed by atoms with Crippen LogP contribution >= 0.6 is 11.6 Å². The summed E-state index contributed by atoms with van der Waals surface area (Å²) in [6.07, 6.45) is 0. The summed E-state index contributed by atoms with van der Waals surface area (Å²) < 4.78 is 0. The highest BCUT2D eigenvalue weighted by atomic mass is 35.5. The first-order chi connectivity index (χ1) is 13.8. The highest BCUT2D eigenvalue weighted by Gasteiger charge is 2.26. The summed E-state index contributed by atoms with van der Waals surface area (Å²) in [5.74, 6) is 2.20. The second-order valence-electron chi connectivity index (χ2n) is 7.89. The topological polar surface area (TPSA) is 61.4 Å². The Balaban J connectivity index is 1.54. The first-order valence-corrected chi connectivity index (χ1v) is 10.6. The zero-order chi connectivity index (χ0) is 21.0. The molecule has 1 aliphatic heterocycles. The van der Waals surface area contributed by atoms with Crippen LogP contribution in [-0.2, 0) is 11.3 Å². The summed E-state index contributed by atoms with van der Waals surface area (Å²) >= 11 is 6.17. The number of benzene rings is 1. The average molecular weight is 416 g/mol. The summed E-state index contributed by atoms with van der Waals surface area (Å²) in [5.41, 5.74) is 1.92. The summed E-state index contributed by atoms with van der Waals surface area (Å²) in [7, 11) is 0. The molecule has 1 aromatic carbocycles. The molecule has 1 saturated heterocycles. The Morgan fingerprint density at radius 2 is 1.83 bits per heavy atom. The Morgan fingerprint density at radius 3 is 2.48 bits per heavy atom. The van der Waals surface area contributed by atoms with Gasteiger partial charge in [-0.25, -0.2) is 9.97 Å². The normalized spacial score (nSPS) is 16.1. The van der Waals surface area contributed by atoms with E-state index in [-0.39, 0.29) is 11.9 Å². The van der Waals surface area contributed by atoms with E-state index >= 15 is 0 Å². The molecular formula is C22H30ClN5O. The number of anilines is 1. The molecule has 29 heavy (non-hydrogen) atoms. The van der Waals surface area contributed by atoms with Crippen molar-refractivity contribution in [2.24, 2.45) is 0 Å². The van der Waals surface area contributed by atoms with Crippen molar-refractivity contribution in [3.63, 3.8) is 0 Å². The van der Waals surface area contributed by atoms with E-state index in [1.807, 2.05) is 44.2 Å². The third-order valence-electron chi connectivity index (χ3n) is 5.35. The van der Waals surface area contributed by atoms with E-state index in [0.717, 1.165) is 49.1 Å². The molecular weight excluding hydrogens is 386 g/mol. The molecule has 0 aliphatic carbocycles. The molecule has 6 nitrogen and oxygen atoms in total. The van der Waals surface area contributed by atoms with E-state index in [9.17, 15) is 4.79 Å². The van der Waals surface area contributed by atoms with Crippen molar-refractivity contribution in [3.05, 3.63) is 52.4 Å². The van der Waals surface area contributed by atoms with Gasteiger partial charge in [0.1, 0.15) is 11.6 Å². The fraction of sp³-hybridized carbons (Fsp3) is 0.500. The third-order valence-corrected chi connectivity index (χ3v) is 5.72. The van der Waals surface area contributed by atoms with Crippen LogP contribution < -0.4 is 10.2 Å². The maximum absolute atomic E-state index is 12.6. The van der Waals surface area contributed by atoms with E-state index < -0.39 is 0 Å². The van der Waals surface area contributed by atoms with Gasteiger partial charge in [-0.1, -0.05) is 43.6 Å². The van der Waals surface area contributed by atoms with Crippen molar-refractivity contribution in [2.45, 2.75) is 46.2 Å². The van der Waals surface area contributed by atoms with Gasteiger partial charge in [-0.15, -0.1) is 0 Å². The van der Waals surface area contributed by atoms with Crippen LogP contribution in [0.5, 0.6) is 0 Å². The standard InChI is InChI=1S/C22H30ClN5O/c1-15(2)21-25-16(3)13-20(26-21)28-11-9-27(10-12-28)17(4)22(29)24-14-18-7-5-6-8-19(18)23/h5-8,13,15,17H,9-12,14H2,1-4H3,(H,24,29)/t17-/m0/s1. The van der Waals surface area contributed by atoms with E-state index in [2.05, 4.69) is 33.9 Å². The Morgan fingerprint density at radius 1 is 1.14 bits per heavy atom.